The van der Waals surface area contributed by atoms with E-state index in [1.165, 1.54) is 25.1 Å². The van der Waals surface area contributed by atoms with Gasteiger partial charge >= 0.3 is 0 Å². The monoisotopic (exact) mass is 233 g/mol. The maximum atomic E-state index is 4.44. The third-order valence-corrected chi connectivity index (χ3v) is 3.42. The highest BCUT2D eigenvalue weighted by Gasteiger charge is 2.17. The number of pyridine rings is 1. The van der Waals surface area contributed by atoms with Crippen LogP contribution in [0.5, 0.6) is 0 Å². The third kappa shape index (κ3) is 3.19. The number of rotatable bonds is 4. The third-order valence-electron chi connectivity index (χ3n) is 3.42. The van der Waals surface area contributed by atoms with Gasteiger partial charge in [0.05, 0.1) is 0 Å². The maximum absolute atomic E-state index is 4.44. The van der Waals surface area contributed by atoms with Crippen LogP contribution in [0.15, 0.2) is 12.1 Å². The molecule has 0 aliphatic carbocycles. The van der Waals surface area contributed by atoms with Crippen molar-refractivity contribution >= 4 is 5.69 Å². The van der Waals surface area contributed by atoms with E-state index in [1.807, 2.05) is 0 Å². The molecule has 0 aromatic carbocycles. The smallest absolute Gasteiger partial charge is 0.0402 e. The van der Waals surface area contributed by atoms with Gasteiger partial charge in [0.15, 0.2) is 0 Å². The largest absolute Gasteiger partial charge is 0.370 e. The molecule has 1 aliphatic rings. The fraction of sp³-hybridized carbons (Fsp3) is 0.643. The summed E-state index contributed by atoms with van der Waals surface area (Å²) >= 11 is 0. The zero-order valence-electron chi connectivity index (χ0n) is 11.2. The molecule has 1 atom stereocenters. The molecule has 1 aliphatic heterocycles. The minimum atomic E-state index is 0.656. The van der Waals surface area contributed by atoms with Crippen LogP contribution in [0, 0.1) is 13.8 Å². The second-order valence-electron chi connectivity index (χ2n) is 4.94. The van der Waals surface area contributed by atoms with Crippen LogP contribution >= 0.6 is 0 Å². The summed E-state index contributed by atoms with van der Waals surface area (Å²) in [6.07, 6.45) is 2.62. The van der Waals surface area contributed by atoms with Crippen LogP contribution in [-0.2, 0) is 0 Å². The number of aryl methyl sites for hydroxylation is 2. The predicted molar refractivity (Wildman–Crippen MR) is 72.6 cm³/mol. The molecule has 2 rings (SSSR count). The van der Waals surface area contributed by atoms with Crippen LogP contribution in [-0.4, -0.2) is 30.7 Å². The molecule has 2 heterocycles. The van der Waals surface area contributed by atoms with Crippen LogP contribution in [0.4, 0.5) is 5.69 Å². The van der Waals surface area contributed by atoms with Crippen LogP contribution in [0.3, 0.4) is 0 Å². The zero-order valence-corrected chi connectivity index (χ0v) is 11.2. The van der Waals surface area contributed by atoms with E-state index < -0.39 is 0 Å². The first-order chi connectivity index (χ1) is 8.19. The van der Waals surface area contributed by atoms with Gasteiger partial charge in [-0.25, -0.2) is 0 Å². The lowest BCUT2D eigenvalue weighted by molar-refractivity contribution is 0.586. The molecule has 3 heteroatoms. The summed E-state index contributed by atoms with van der Waals surface area (Å²) in [5.74, 6) is 0. The fourth-order valence-electron chi connectivity index (χ4n) is 2.59. The van der Waals surface area contributed by atoms with Crippen LogP contribution in [0.2, 0.25) is 0 Å². The van der Waals surface area contributed by atoms with E-state index in [0.717, 1.165) is 24.5 Å². The Morgan fingerprint density at radius 1 is 1.35 bits per heavy atom. The number of nitrogens with one attached hydrogen (secondary N) is 1. The van der Waals surface area contributed by atoms with Gasteiger partial charge in [0, 0.05) is 36.2 Å². The summed E-state index contributed by atoms with van der Waals surface area (Å²) < 4.78 is 0. The Labute approximate surface area is 104 Å². The Kier molecular flexibility index (Phi) is 4.00. The van der Waals surface area contributed by atoms with Crippen molar-refractivity contribution < 1.29 is 0 Å². The van der Waals surface area contributed by atoms with Crippen LogP contribution in [0.1, 0.15) is 31.2 Å². The highest BCUT2D eigenvalue weighted by molar-refractivity contribution is 5.48. The average Bonchev–Trinajstić information content (AvgIpc) is 2.77. The first kappa shape index (κ1) is 12.4. The van der Waals surface area contributed by atoms with Gasteiger partial charge in [0.25, 0.3) is 0 Å². The van der Waals surface area contributed by atoms with Gasteiger partial charge in [-0.15, -0.1) is 0 Å². The number of hydrogen-bond acceptors (Lipinski definition) is 3. The topological polar surface area (TPSA) is 28.2 Å². The fourth-order valence-corrected chi connectivity index (χ4v) is 2.59. The van der Waals surface area contributed by atoms with Gasteiger partial charge in [-0.1, -0.05) is 0 Å². The highest BCUT2D eigenvalue weighted by Crippen LogP contribution is 2.18. The molecule has 0 saturated carbocycles. The molecule has 1 N–H and O–H groups in total. The molecule has 1 aromatic heterocycles. The Bertz CT molecular complexity index is 349. The second kappa shape index (κ2) is 5.50. The van der Waals surface area contributed by atoms with Gasteiger partial charge in [-0.2, -0.15) is 0 Å². The van der Waals surface area contributed by atoms with Crippen molar-refractivity contribution in [2.75, 3.05) is 24.5 Å². The molecule has 0 amide bonds. The minimum Gasteiger partial charge on any atom is -0.370 e. The second-order valence-corrected chi connectivity index (χ2v) is 4.94. The van der Waals surface area contributed by atoms with E-state index in [4.69, 9.17) is 0 Å². The number of hydrogen-bond donors (Lipinski definition) is 1. The van der Waals surface area contributed by atoms with E-state index in [2.05, 4.69) is 48.1 Å². The molecule has 94 valence electrons. The first-order valence-electron chi connectivity index (χ1n) is 6.62. The first-order valence-corrected chi connectivity index (χ1v) is 6.62. The molecule has 17 heavy (non-hydrogen) atoms. The maximum Gasteiger partial charge on any atom is 0.0402 e. The molecular formula is C14H23N3. The molecule has 1 aromatic rings. The molecule has 1 unspecified atom stereocenters. The lowest BCUT2D eigenvalue weighted by Crippen LogP contribution is -2.37. The van der Waals surface area contributed by atoms with Gasteiger partial charge in [0.2, 0.25) is 0 Å². The minimum absolute atomic E-state index is 0.656. The van der Waals surface area contributed by atoms with Crippen molar-refractivity contribution in [1.29, 1.82) is 0 Å². The molecule has 0 radical (unpaired) electrons. The summed E-state index contributed by atoms with van der Waals surface area (Å²) in [6.45, 7) is 9.70. The van der Waals surface area contributed by atoms with E-state index >= 15 is 0 Å². The summed E-state index contributed by atoms with van der Waals surface area (Å²) in [5, 5.41) is 3.56. The van der Waals surface area contributed by atoms with Gasteiger partial charge in [-0.3, -0.25) is 4.98 Å². The van der Waals surface area contributed by atoms with E-state index in [9.17, 15) is 0 Å². The van der Waals surface area contributed by atoms with Gasteiger partial charge < -0.3 is 10.2 Å². The zero-order chi connectivity index (χ0) is 12.3. The lowest BCUT2D eigenvalue weighted by Gasteiger charge is -2.27. The summed E-state index contributed by atoms with van der Waals surface area (Å²) in [6, 6.07) is 5.03. The predicted octanol–water partition coefficient (Wildman–Crippen LogP) is 2.28. The molecule has 1 saturated heterocycles. The standard InChI is InChI=1S/C14H23N3/c1-4-17(10-13-6-5-7-15-13)14-8-11(2)16-12(3)9-14/h8-9,13,15H,4-7,10H2,1-3H3. The Morgan fingerprint density at radius 2 is 2.06 bits per heavy atom. The van der Waals surface area contributed by atoms with Gasteiger partial charge in [0.1, 0.15) is 0 Å². The van der Waals surface area contributed by atoms with Crippen LogP contribution < -0.4 is 10.2 Å². The SMILES string of the molecule is CCN(CC1CCCN1)c1cc(C)nc(C)c1. The van der Waals surface area contributed by atoms with E-state index in [1.54, 1.807) is 0 Å². The highest BCUT2D eigenvalue weighted by atomic mass is 15.2. The molecule has 0 bridgehead atoms. The average molecular weight is 233 g/mol. The normalized spacial score (nSPS) is 19.6. The Hall–Kier alpha value is -1.09. The van der Waals surface area contributed by atoms with Crippen molar-refractivity contribution in [3.63, 3.8) is 0 Å². The number of anilines is 1. The number of likely N-dealkylation sites (N-methyl/N-ethyl adjacent to an activating group) is 1. The van der Waals surface area contributed by atoms with Crippen molar-refractivity contribution in [1.82, 2.24) is 10.3 Å². The Balaban J connectivity index is 2.10. The number of aromatic nitrogens is 1. The lowest BCUT2D eigenvalue weighted by atomic mass is 10.2. The van der Waals surface area contributed by atoms with Crippen LogP contribution in [0.25, 0.3) is 0 Å². The summed E-state index contributed by atoms with van der Waals surface area (Å²) in [7, 11) is 0. The molecule has 1 fully saturated rings. The molecule has 3 nitrogen and oxygen atoms in total. The van der Waals surface area contributed by atoms with Crippen molar-refractivity contribution in [2.24, 2.45) is 0 Å². The Morgan fingerprint density at radius 3 is 2.59 bits per heavy atom. The van der Waals surface area contributed by atoms with E-state index in [0.29, 0.717) is 6.04 Å². The van der Waals surface area contributed by atoms with Crippen molar-refractivity contribution in [3.05, 3.63) is 23.5 Å². The van der Waals surface area contributed by atoms with E-state index in [-0.39, 0.29) is 0 Å². The summed E-state index contributed by atoms with van der Waals surface area (Å²) in [5.41, 5.74) is 3.53. The van der Waals surface area contributed by atoms with Crippen molar-refractivity contribution in [3.8, 4) is 0 Å². The molecule has 0 spiro atoms. The molecular weight excluding hydrogens is 210 g/mol. The number of nitrogens with zero attached hydrogens (tertiary/aromatic N) is 2. The van der Waals surface area contributed by atoms with Gasteiger partial charge in [-0.05, 0) is 52.3 Å². The summed E-state index contributed by atoms with van der Waals surface area (Å²) in [4.78, 5) is 6.89. The quantitative estimate of drug-likeness (QED) is 0.864. The van der Waals surface area contributed by atoms with Crippen molar-refractivity contribution in [2.45, 2.75) is 39.7 Å².